The molecule has 0 aliphatic rings. The number of benzene rings is 1. The Kier molecular flexibility index (Phi) is 4.87. The molecule has 0 atom stereocenters. The van der Waals surface area contributed by atoms with Crippen molar-refractivity contribution in [3.63, 3.8) is 0 Å². The molecule has 6 heteroatoms. The molecule has 0 bridgehead atoms. The van der Waals surface area contributed by atoms with E-state index in [1.807, 2.05) is 36.4 Å². The summed E-state index contributed by atoms with van der Waals surface area (Å²) in [5.41, 5.74) is 3.19. The van der Waals surface area contributed by atoms with E-state index < -0.39 is 0 Å². The van der Waals surface area contributed by atoms with E-state index in [1.165, 1.54) is 12.1 Å². The highest BCUT2D eigenvalue weighted by atomic mass is 19.1. The zero-order valence-electron chi connectivity index (χ0n) is 14.4. The quantitative estimate of drug-likeness (QED) is 0.508. The highest BCUT2D eigenvalue weighted by Crippen LogP contribution is 2.20. The first-order valence-electron chi connectivity index (χ1n) is 8.45. The van der Waals surface area contributed by atoms with Gasteiger partial charge in [-0.2, -0.15) is 0 Å². The molecule has 0 saturated heterocycles. The Bertz CT molecular complexity index is 1030. The third kappa shape index (κ3) is 4.36. The van der Waals surface area contributed by atoms with Crippen LogP contribution in [0.2, 0.25) is 0 Å². The molecule has 0 aliphatic heterocycles. The van der Waals surface area contributed by atoms with Crippen LogP contribution >= 0.6 is 0 Å². The van der Waals surface area contributed by atoms with Gasteiger partial charge in [-0.15, -0.1) is 0 Å². The maximum atomic E-state index is 13.2. The first kappa shape index (κ1) is 16.9. The lowest BCUT2D eigenvalue weighted by Crippen LogP contribution is -2.00. The van der Waals surface area contributed by atoms with Crippen LogP contribution in [0.1, 0.15) is 17.0 Å². The van der Waals surface area contributed by atoms with Crippen LogP contribution in [-0.4, -0.2) is 15.1 Å². The van der Waals surface area contributed by atoms with Gasteiger partial charge in [0.15, 0.2) is 5.76 Å². The number of aromatic nitrogens is 3. The number of ether oxygens (including phenoxy) is 1. The van der Waals surface area contributed by atoms with E-state index in [0.717, 1.165) is 22.5 Å². The zero-order valence-corrected chi connectivity index (χ0v) is 14.4. The number of hydrogen-bond donors (Lipinski definition) is 0. The number of halogens is 1. The van der Waals surface area contributed by atoms with Gasteiger partial charge in [-0.1, -0.05) is 23.4 Å². The maximum Gasteiger partial charge on any atom is 0.213 e. The smallest absolute Gasteiger partial charge is 0.213 e. The second-order valence-corrected chi connectivity index (χ2v) is 5.99. The highest BCUT2D eigenvalue weighted by Gasteiger charge is 2.09. The minimum Gasteiger partial charge on any atom is -0.473 e. The van der Waals surface area contributed by atoms with Crippen molar-refractivity contribution in [3.8, 4) is 17.2 Å². The molecule has 0 N–H and O–H groups in total. The van der Waals surface area contributed by atoms with Crippen molar-refractivity contribution in [3.05, 3.63) is 95.8 Å². The summed E-state index contributed by atoms with van der Waals surface area (Å²) in [6, 6.07) is 17.5. The van der Waals surface area contributed by atoms with Gasteiger partial charge < -0.3 is 9.26 Å². The van der Waals surface area contributed by atoms with Crippen molar-refractivity contribution in [1.29, 1.82) is 0 Å². The third-order valence-corrected chi connectivity index (χ3v) is 3.92. The number of rotatable bonds is 6. The molecule has 4 rings (SSSR count). The molecule has 0 spiro atoms. The molecule has 0 radical (unpaired) electrons. The van der Waals surface area contributed by atoms with Crippen LogP contribution in [0, 0.1) is 5.82 Å². The van der Waals surface area contributed by atoms with Crippen molar-refractivity contribution in [2.45, 2.75) is 13.0 Å². The monoisotopic (exact) mass is 361 g/mol. The molecule has 134 valence electrons. The number of hydrogen-bond acceptors (Lipinski definition) is 5. The van der Waals surface area contributed by atoms with Gasteiger partial charge >= 0.3 is 0 Å². The van der Waals surface area contributed by atoms with Crippen molar-refractivity contribution in [1.82, 2.24) is 15.1 Å². The standard InChI is InChI=1S/C21H16FN3O2/c22-17-6-1-4-15(10-17)14-26-21-8-2-7-18(24-21)11-19-12-20(27-25-19)16-5-3-9-23-13-16/h1-10,12-13H,11,14H2. The van der Waals surface area contributed by atoms with E-state index in [0.29, 0.717) is 18.1 Å². The van der Waals surface area contributed by atoms with E-state index in [4.69, 9.17) is 9.26 Å². The molecule has 3 heterocycles. The van der Waals surface area contributed by atoms with Crippen molar-refractivity contribution < 1.29 is 13.7 Å². The fraction of sp³-hybridized carbons (Fsp3) is 0.0952. The van der Waals surface area contributed by atoms with Crippen molar-refractivity contribution in [2.75, 3.05) is 0 Å². The summed E-state index contributed by atoms with van der Waals surface area (Å²) in [4.78, 5) is 8.55. The molecule has 27 heavy (non-hydrogen) atoms. The highest BCUT2D eigenvalue weighted by molar-refractivity contribution is 5.55. The van der Waals surface area contributed by atoms with Gasteiger partial charge in [0, 0.05) is 36.5 Å². The Hall–Kier alpha value is -3.54. The molecule has 0 amide bonds. The predicted octanol–water partition coefficient (Wildman–Crippen LogP) is 4.44. The minimum atomic E-state index is -0.284. The van der Waals surface area contributed by atoms with Crippen LogP contribution in [0.25, 0.3) is 11.3 Å². The first-order chi connectivity index (χ1) is 13.3. The van der Waals surface area contributed by atoms with E-state index in [9.17, 15) is 4.39 Å². The van der Waals surface area contributed by atoms with Gasteiger partial charge in [-0.3, -0.25) is 4.98 Å². The molecule has 0 saturated carbocycles. The van der Waals surface area contributed by atoms with Gasteiger partial charge in [0.05, 0.1) is 11.4 Å². The van der Waals surface area contributed by atoms with E-state index in [-0.39, 0.29) is 12.4 Å². The molecule has 5 nitrogen and oxygen atoms in total. The van der Waals surface area contributed by atoms with E-state index in [1.54, 1.807) is 24.5 Å². The van der Waals surface area contributed by atoms with Gasteiger partial charge in [0.2, 0.25) is 5.88 Å². The van der Waals surface area contributed by atoms with Crippen LogP contribution in [0.3, 0.4) is 0 Å². The Morgan fingerprint density at radius 3 is 2.74 bits per heavy atom. The summed E-state index contributed by atoms with van der Waals surface area (Å²) in [6.45, 7) is 0.253. The summed E-state index contributed by atoms with van der Waals surface area (Å²) in [6.07, 6.45) is 3.95. The molecule has 0 fully saturated rings. The van der Waals surface area contributed by atoms with Crippen LogP contribution in [0.4, 0.5) is 4.39 Å². The third-order valence-electron chi connectivity index (χ3n) is 3.92. The van der Waals surface area contributed by atoms with E-state index >= 15 is 0 Å². The second-order valence-electron chi connectivity index (χ2n) is 5.99. The summed E-state index contributed by atoms with van der Waals surface area (Å²) >= 11 is 0. The van der Waals surface area contributed by atoms with Crippen LogP contribution in [0.15, 0.2) is 77.6 Å². The Morgan fingerprint density at radius 1 is 0.963 bits per heavy atom. The van der Waals surface area contributed by atoms with E-state index in [2.05, 4.69) is 15.1 Å². The lowest BCUT2D eigenvalue weighted by atomic mass is 10.1. The molecule has 0 unspecified atom stereocenters. The van der Waals surface area contributed by atoms with Crippen molar-refractivity contribution >= 4 is 0 Å². The molecular formula is C21H16FN3O2. The van der Waals surface area contributed by atoms with Gasteiger partial charge in [0.25, 0.3) is 0 Å². The van der Waals surface area contributed by atoms with Gasteiger partial charge in [-0.25, -0.2) is 9.37 Å². The van der Waals surface area contributed by atoms with Gasteiger partial charge in [-0.05, 0) is 35.9 Å². The number of pyridine rings is 2. The molecule has 0 aliphatic carbocycles. The minimum absolute atomic E-state index is 0.253. The average molecular weight is 361 g/mol. The molecular weight excluding hydrogens is 345 g/mol. The van der Waals surface area contributed by atoms with Gasteiger partial charge in [0.1, 0.15) is 12.4 Å². The lowest BCUT2D eigenvalue weighted by molar-refractivity contribution is 0.292. The summed E-state index contributed by atoms with van der Waals surface area (Å²) in [5.74, 6) is 0.859. The largest absolute Gasteiger partial charge is 0.473 e. The Balaban J connectivity index is 1.43. The summed E-state index contributed by atoms with van der Waals surface area (Å²) < 4.78 is 24.3. The van der Waals surface area contributed by atoms with Crippen LogP contribution < -0.4 is 4.74 Å². The SMILES string of the molecule is Fc1cccc(COc2cccc(Cc3cc(-c4cccnc4)on3)n2)c1. The topological polar surface area (TPSA) is 61.0 Å². The fourth-order valence-corrected chi connectivity index (χ4v) is 2.65. The van der Waals surface area contributed by atoms with Crippen molar-refractivity contribution in [2.24, 2.45) is 0 Å². The maximum absolute atomic E-state index is 13.2. The molecule has 3 aromatic heterocycles. The normalized spacial score (nSPS) is 10.7. The summed E-state index contributed by atoms with van der Waals surface area (Å²) in [7, 11) is 0. The van der Waals surface area contributed by atoms with Crippen LogP contribution in [0.5, 0.6) is 5.88 Å². The lowest BCUT2D eigenvalue weighted by Gasteiger charge is -2.06. The molecule has 1 aromatic carbocycles. The summed E-state index contributed by atoms with van der Waals surface area (Å²) in [5, 5.41) is 4.10. The predicted molar refractivity (Wildman–Crippen MR) is 97.5 cm³/mol. The fourth-order valence-electron chi connectivity index (χ4n) is 2.65. The Labute approximate surface area is 155 Å². The molecule has 4 aromatic rings. The Morgan fingerprint density at radius 2 is 1.89 bits per heavy atom. The van der Waals surface area contributed by atoms with Crippen LogP contribution in [-0.2, 0) is 13.0 Å². The zero-order chi connectivity index (χ0) is 18.5. The number of nitrogens with zero attached hydrogens (tertiary/aromatic N) is 3. The first-order valence-corrected chi connectivity index (χ1v) is 8.45. The average Bonchev–Trinajstić information content (AvgIpc) is 3.16. The second kappa shape index (κ2) is 7.78.